The van der Waals surface area contributed by atoms with Gasteiger partial charge in [0.2, 0.25) is 0 Å². The average molecular weight is 353 g/mol. The van der Waals surface area contributed by atoms with Crippen LogP contribution < -0.4 is 15.5 Å². The molecule has 0 aromatic heterocycles. The average Bonchev–Trinajstić information content (AvgIpc) is 3.08. The normalized spacial score (nSPS) is 24.9. The second-order valence-corrected chi connectivity index (χ2v) is 6.51. The zero-order valence-corrected chi connectivity index (χ0v) is 14.8. The van der Waals surface area contributed by atoms with Crippen LogP contribution in [0.15, 0.2) is 29.3 Å². The van der Waals surface area contributed by atoms with Crippen molar-refractivity contribution in [1.82, 2.24) is 10.6 Å². The Labute approximate surface area is 148 Å². The molecule has 1 aromatic rings. The minimum Gasteiger partial charge on any atom is -0.376 e. The van der Waals surface area contributed by atoms with Gasteiger partial charge in [-0.05, 0) is 24.6 Å². The Morgan fingerprint density at radius 3 is 3.08 bits per heavy atom. The number of anilines is 1. The summed E-state index contributed by atoms with van der Waals surface area (Å²) in [6, 6.07) is 8.36. The lowest BCUT2D eigenvalue weighted by Crippen LogP contribution is -2.48. The molecular formula is C17H25ClN4O2. The van der Waals surface area contributed by atoms with E-state index in [4.69, 9.17) is 21.1 Å². The zero-order valence-electron chi connectivity index (χ0n) is 14.0. The fourth-order valence-electron chi connectivity index (χ4n) is 3.04. The maximum atomic E-state index is 6.09. The van der Waals surface area contributed by atoms with E-state index in [2.05, 4.69) is 26.6 Å². The molecule has 132 valence electrons. The second kappa shape index (κ2) is 8.55. The molecule has 2 heterocycles. The monoisotopic (exact) mass is 352 g/mol. The Hall–Kier alpha value is -1.50. The first kappa shape index (κ1) is 17.3. The van der Waals surface area contributed by atoms with Gasteiger partial charge < -0.3 is 25.0 Å². The molecule has 2 unspecified atom stereocenters. The molecule has 1 aromatic carbocycles. The van der Waals surface area contributed by atoms with Gasteiger partial charge in [-0.3, -0.25) is 4.99 Å². The van der Waals surface area contributed by atoms with E-state index in [1.807, 2.05) is 18.2 Å². The van der Waals surface area contributed by atoms with Crippen molar-refractivity contribution in [2.45, 2.75) is 18.6 Å². The van der Waals surface area contributed by atoms with Gasteiger partial charge >= 0.3 is 0 Å². The molecule has 7 heteroatoms. The molecular weight excluding hydrogens is 328 g/mol. The fourth-order valence-corrected chi connectivity index (χ4v) is 3.22. The SMILES string of the molecule is CN=C(NCC1COCCO1)NC1CCN(c2cccc(Cl)c2)C1. The van der Waals surface area contributed by atoms with Crippen molar-refractivity contribution >= 4 is 23.2 Å². The van der Waals surface area contributed by atoms with E-state index < -0.39 is 0 Å². The van der Waals surface area contributed by atoms with Crippen LogP contribution in [0.2, 0.25) is 5.02 Å². The topological polar surface area (TPSA) is 58.1 Å². The molecule has 6 nitrogen and oxygen atoms in total. The molecule has 2 atom stereocenters. The van der Waals surface area contributed by atoms with E-state index in [0.717, 1.165) is 30.5 Å². The number of ether oxygens (including phenoxy) is 2. The smallest absolute Gasteiger partial charge is 0.191 e. The fraction of sp³-hybridized carbons (Fsp3) is 0.588. The van der Waals surface area contributed by atoms with Crippen LogP contribution in [0, 0.1) is 0 Å². The molecule has 2 saturated heterocycles. The number of nitrogens with one attached hydrogen (secondary N) is 2. The summed E-state index contributed by atoms with van der Waals surface area (Å²) in [6.45, 7) is 4.62. The Morgan fingerprint density at radius 1 is 1.42 bits per heavy atom. The van der Waals surface area contributed by atoms with E-state index in [9.17, 15) is 0 Å². The highest BCUT2D eigenvalue weighted by Gasteiger charge is 2.24. The van der Waals surface area contributed by atoms with Crippen LogP contribution in [0.25, 0.3) is 0 Å². The Morgan fingerprint density at radius 2 is 2.33 bits per heavy atom. The van der Waals surface area contributed by atoms with Crippen LogP contribution in [0.3, 0.4) is 0 Å². The third-order valence-electron chi connectivity index (χ3n) is 4.31. The maximum Gasteiger partial charge on any atom is 0.191 e. The number of aliphatic imine (C=N–C) groups is 1. The number of halogens is 1. The highest BCUT2D eigenvalue weighted by Crippen LogP contribution is 2.23. The van der Waals surface area contributed by atoms with Gasteiger partial charge in [-0.2, -0.15) is 0 Å². The number of nitrogens with zero attached hydrogens (tertiary/aromatic N) is 2. The van der Waals surface area contributed by atoms with E-state index in [1.165, 1.54) is 5.69 Å². The molecule has 2 aliphatic rings. The zero-order chi connectivity index (χ0) is 16.8. The number of hydrogen-bond acceptors (Lipinski definition) is 4. The summed E-state index contributed by atoms with van der Waals surface area (Å²) >= 11 is 6.09. The first-order valence-corrected chi connectivity index (χ1v) is 8.79. The largest absolute Gasteiger partial charge is 0.376 e. The lowest BCUT2D eigenvalue weighted by molar-refractivity contribution is -0.0850. The first-order chi connectivity index (χ1) is 11.7. The molecule has 0 saturated carbocycles. The third kappa shape index (κ3) is 4.75. The summed E-state index contributed by atoms with van der Waals surface area (Å²) in [7, 11) is 1.79. The number of benzene rings is 1. The summed E-state index contributed by atoms with van der Waals surface area (Å²) in [4.78, 5) is 6.65. The predicted molar refractivity (Wildman–Crippen MR) is 97.1 cm³/mol. The molecule has 2 aliphatic heterocycles. The Balaban J connectivity index is 1.46. The van der Waals surface area contributed by atoms with E-state index >= 15 is 0 Å². The summed E-state index contributed by atoms with van der Waals surface area (Å²) < 4.78 is 11.0. The van der Waals surface area contributed by atoms with E-state index in [1.54, 1.807) is 7.05 Å². The summed E-state index contributed by atoms with van der Waals surface area (Å²) in [5.74, 6) is 0.808. The molecule has 24 heavy (non-hydrogen) atoms. The van der Waals surface area contributed by atoms with E-state index in [-0.39, 0.29) is 6.10 Å². The van der Waals surface area contributed by atoms with Crippen LogP contribution >= 0.6 is 11.6 Å². The first-order valence-electron chi connectivity index (χ1n) is 8.41. The van der Waals surface area contributed by atoms with Crippen LogP contribution in [-0.2, 0) is 9.47 Å². The van der Waals surface area contributed by atoms with Crippen LogP contribution in [0.1, 0.15) is 6.42 Å². The van der Waals surface area contributed by atoms with E-state index in [0.29, 0.717) is 32.4 Å². The highest BCUT2D eigenvalue weighted by atomic mass is 35.5. The molecule has 2 fully saturated rings. The quantitative estimate of drug-likeness (QED) is 0.635. The van der Waals surface area contributed by atoms with Gasteiger partial charge in [-0.1, -0.05) is 17.7 Å². The minimum absolute atomic E-state index is 0.0869. The standard InChI is InChI=1S/C17H25ClN4O2/c1-19-17(20-10-16-12-23-7-8-24-16)21-14-5-6-22(11-14)15-4-2-3-13(18)9-15/h2-4,9,14,16H,5-8,10-12H2,1H3,(H2,19,20,21). The second-order valence-electron chi connectivity index (χ2n) is 6.08. The lowest BCUT2D eigenvalue weighted by Gasteiger charge is -2.25. The van der Waals surface area contributed by atoms with Crippen molar-refractivity contribution in [2.24, 2.45) is 4.99 Å². The number of guanidine groups is 1. The Kier molecular flexibility index (Phi) is 6.18. The van der Waals surface area contributed by atoms with Gasteiger partial charge in [0.25, 0.3) is 0 Å². The molecule has 0 amide bonds. The molecule has 0 spiro atoms. The highest BCUT2D eigenvalue weighted by molar-refractivity contribution is 6.30. The molecule has 3 rings (SSSR count). The van der Waals surface area contributed by atoms with Gasteiger partial charge in [0, 0.05) is 43.4 Å². The number of hydrogen-bond donors (Lipinski definition) is 2. The van der Waals surface area contributed by atoms with Gasteiger partial charge in [0.1, 0.15) is 0 Å². The Bertz CT molecular complexity index is 563. The lowest BCUT2D eigenvalue weighted by atomic mass is 10.2. The van der Waals surface area contributed by atoms with Gasteiger partial charge in [0.05, 0.1) is 25.9 Å². The third-order valence-corrected chi connectivity index (χ3v) is 4.54. The maximum absolute atomic E-state index is 6.09. The molecule has 2 N–H and O–H groups in total. The molecule has 0 radical (unpaired) electrons. The van der Waals surface area contributed by atoms with Crippen molar-refractivity contribution < 1.29 is 9.47 Å². The van der Waals surface area contributed by atoms with Crippen molar-refractivity contribution in [3.8, 4) is 0 Å². The molecule has 0 aliphatic carbocycles. The van der Waals surface area contributed by atoms with Crippen LogP contribution in [0.4, 0.5) is 5.69 Å². The van der Waals surface area contributed by atoms with Crippen LogP contribution in [0.5, 0.6) is 0 Å². The van der Waals surface area contributed by atoms with Gasteiger partial charge in [0.15, 0.2) is 5.96 Å². The summed E-state index contributed by atoms with van der Waals surface area (Å²) in [5, 5.41) is 7.59. The van der Waals surface area contributed by atoms with Crippen molar-refractivity contribution in [3.63, 3.8) is 0 Å². The van der Waals surface area contributed by atoms with Gasteiger partial charge in [-0.15, -0.1) is 0 Å². The van der Waals surface area contributed by atoms with Crippen LogP contribution in [-0.4, -0.2) is 64.6 Å². The summed E-state index contributed by atoms with van der Waals surface area (Å²) in [5.41, 5.74) is 1.17. The minimum atomic E-state index is 0.0869. The van der Waals surface area contributed by atoms with Gasteiger partial charge in [-0.25, -0.2) is 0 Å². The van der Waals surface area contributed by atoms with Crippen molar-refractivity contribution in [3.05, 3.63) is 29.3 Å². The van der Waals surface area contributed by atoms with Crippen molar-refractivity contribution in [2.75, 3.05) is 51.4 Å². The predicted octanol–water partition coefficient (Wildman–Crippen LogP) is 1.50. The summed E-state index contributed by atoms with van der Waals surface area (Å²) in [6.07, 6.45) is 1.15. The van der Waals surface area contributed by atoms with Crippen molar-refractivity contribution in [1.29, 1.82) is 0 Å². The molecule has 0 bridgehead atoms. The number of rotatable bonds is 4.